The van der Waals surface area contributed by atoms with Gasteiger partial charge < -0.3 is 26.2 Å². The number of allylic oxidation sites excluding steroid dienone is 1. The van der Waals surface area contributed by atoms with E-state index < -0.39 is 11.5 Å². The number of nitrogens with one attached hydrogen (secondary N) is 2. The Kier molecular flexibility index (Phi) is 10.9. The minimum absolute atomic E-state index is 0.197. The predicted molar refractivity (Wildman–Crippen MR) is 130 cm³/mol. The fraction of sp³-hybridized carbons (Fsp3) is 0.560. The SMILES string of the molecule is CC[C@@](O)(CN/C(=C\N=N/C)CCCCN/C=C\C(N)=O)c1cccc(OC(C)C2CC2)c1. The molecule has 0 aliphatic heterocycles. The Morgan fingerprint density at radius 3 is 2.85 bits per heavy atom. The Morgan fingerprint density at radius 2 is 2.18 bits per heavy atom. The summed E-state index contributed by atoms with van der Waals surface area (Å²) < 4.78 is 6.10. The lowest BCUT2D eigenvalue weighted by Crippen LogP contribution is -2.37. The molecule has 1 unspecified atom stereocenters. The smallest absolute Gasteiger partial charge is 0.242 e. The van der Waals surface area contributed by atoms with Gasteiger partial charge in [-0.25, -0.2) is 0 Å². The lowest BCUT2D eigenvalue weighted by molar-refractivity contribution is -0.113. The first-order chi connectivity index (χ1) is 15.9. The van der Waals surface area contributed by atoms with Crippen molar-refractivity contribution in [1.82, 2.24) is 10.6 Å². The molecule has 182 valence electrons. The summed E-state index contributed by atoms with van der Waals surface area (Å²) >= 11 is 0. The van der Waals surface area contributed by atoms with Gasteiger partial charge in [0, 0.05) is 38.1 Å². The number of ether oxygens (including phenoxy) is 1. The third-order valence-corrected chi connectivity index (χ3v) is 5.88. The molecule has 0 spiro atoms. The summed E-state index contributed by atoms with van der Waals surface area (Å²) in [6.45, 7) is 5.18. The van der Waals surface area contributed by atoms with E-state index in [-0.39, 0.29) is 6.10 Å². The van der Waals surface area contributed by atoms with Crippen LogP contribution in [-0.2, 0) is 10.4 Å². The van der Waals surface area contributed by atoms with E-state index in [1.54, 1.807) is 19.4 Å². The molecule has 0 aromatic heterocycles. The number of aliphatic hydroxyl groups is 1. The maximum absolute atomic E-state index is 11.4. The molecule has 1 aliphatic rings. The number of unbranched alkanes of at least 4 members (excludes halogenated alkanes) is 1. The number of hydrogen-bond donors (Lipinski definition) is 4. The van der Waals surface area contributed by atoms with Crippen LogP contribution in [0.15, 0.2) is 58.7 Å². The summed E-state index contributed by atoms with van der Waals surface area (Å²) in [5, 5.41) is 25.6. The number of carbonyl (C=O) groups excluding carboxylic acids is 1. The number of rotatable bonds is 16. The molecule has 0 bridgehead atoms. The first-order valence-corrected chi connectivity index (χ1v) is 11.8. The molecule has 0 heterocycles. The van der Waals surface area contributed by atoms with Crippen molar-refractivity contribution in [2.24, 2.45) is 21.9 Å². The second-order valence-corrected chi connectivity index (χ2v) is 8.54. The minimum atomic E-state index is -1.04. The summed E-state index contributed by atoms with van der Waals surface area (Å²) in [5.74, 6) is 0.974. The van der Waals surface area contributed by atoms with Crippen molar-refractivity contribution in [2.45, 2.75) is 64.1 Å². The molecule has 1 aliphatic carbocycles. The van der Waals surface area contributed by atoms with Crippen LogP contribution in [0, 0.1) is 5.92 Å². The van der Waals surface area contributed by atoms with E-state index >= 15 is 0 Å². The van der Waals surface area contributed by atoms with E-state index in [1.807, 2.05) is 31.2 Å². The van der Waals surface area contributed by atoms with Crippen molar-refractivity contribution >= 4 is 5.91 Å². The number of primary amides is 1. The van der Waals surface area contributed by atoms with Crippen LogP contribution in [0.1, 0.15) is 57.9 Å². The second-order valence-electron chi connectivity index (χ2n) is 8.54. The summed E-state index contributed by atoms with van der Waals surface area (Å²) in [5.41, 5.74) is 5.77. The lowest BCUT2D eigenvalue weighted by Gasteiger charge is -2.29. The van der Waals surface area contributed by atoms with Gasteiger partial charge in [0.15, 0.2) is 0 Å². The maximum Gasteiger partial charge on any atom is 0.242 e. The van der Waals surface area contributed by atoms with E-state index in [1.165, 1.54) is 18.9 Å². The van der Waals surface area contributed by atoms with Crippen molar-refractivity contribution in [2.75, 3.05) is 20.1 Å². The van der Waals surface area contributed by atoms with Gasteiger partial charge in [-0.1, -0.05) is 19.1 Å². The molecule has 1 fully saturated rings. The molecular weight excluding hydrogens is 418 g/mol. The largest absolute Gasteiger partial charge is 0.490 e. The molecule has 2 atom stereocenters. The van der Waals surface area contributed by atoms with Crippen LogP contribution in [0.5, 0.6) is 5.75 Å². The maximum atomic E-state index is 11.4. The van der Waals surface area contributed by atoms with Gasteiger partial charge in [-0.2, -0.15) is 10.2 Å². The van der Waals surface area contributed by atoms with Crippen LogP contribution in [0.3, 0.4) is 0 Å². The number of hydrogen-bond acceptors (Lipinski definition) is 7. The number of nitrogens with zero attached hydrogens (tertiary/aromatic N) is 2. The first-order valence-electron chi connectivity index (χ1n) is 11.8. The molecule has 8 heteroatoms. The molecule has 1 aromatic rings. The van der Waals surface area contributed by atoms with Crippen molar-refractivity contribution in [3.63, 3.8) is 0 Å². The summed E-state index contributed by atoms with van der Waals surface area (Å²) in [6, 6.07) is 7.78. The number of amides is 1. The van der Waals surface area contributed by atoms with Crippen LogP contribution in [-0.4, -0.2) is 37.3 Å². The van der Waals surface area contributed by atoms with Crippen molar-refractivity contribution in [3.8, 4) is 5.75 Å². The fourth-order valence-corrected chi connectivity index (χ4v) is 3.52. The predicted octanol–water partition coefficient (Wildman–Crippen LogP) is 3.73. The fourth-order valence-electron chi connectivity index (χ4n) is 3.52. The minimum Gasteiger partial charge on any atom is -0.490 e. The summed E-state index contributed by atoms with van der Waals surface area (Å²) in [4.78, 5) is 10.7. The highest BCUT2D eigenvalue weighted by molar-refractivity contribution is 5.85. The number of benzene rings is 1. The lowest BCUT2D eigenvalue weighted by atomic mass is 9.90. The van der Waals surface area contributed by atoms with E-state index in [9.17, 15) is 9.90 Å². The standard InChI is InChI=1S/C25H39N5O3/c1-4-25(32,21-8-7-10-23(16-21)33-19(2)20-11-12-20)18-29-22(17-30-27-3)9-5-6-14-28-15-13-24(26)31/h7-8,10,13,15-17,19-20,28-29,32H,4-6,9,11-12,14,18H2,1-3H3,(H2,26,31)/b15-13-,22-17-,30-27-/t19?,25-/m1/s1. The van der Waals surface area contributed by atoms with Gasteiger partial charge in [0.1, 0.15) is 11.4 Å². The number of azo groups is 1. The highest BCUT2D eigenvalue weighted by Crippen LogP contribution is 2.35. The molecule has 0 radical (unpaired) electrons. The molecule has 1 saturated carbocycles. The summed E-state index contributed by atoms with van der Waals surface area (Å²) in [6.07, 6.45) is 10.4. The molecule has 5 N–H and O–H groups in total. The number of carbonyl (C=O) groups is 1. The molecule has 0 saturated heterocycles. The third kappa shape index (κ3) is 9.65. The topological polar surface area (TPSA) is 121 Å². The van der Waals surface area contributed by atoms with Crippen LogP contribution >= 0.6 is 0 Å². The molecule has 33 heavy (non-hydrogen) atoms. The quantitative estimate of drug-likeness (QED) is 0.171. The molecule has 1 amide bonds. The van der Waals surface area contributed by atoms with E-state index in [0.29, 0.717) is 18.9 Å². The van der Waals surface area contributed by atoms with Gasteiger partial charge in [-0.3, -0.25) is 4.79 Å². The van der Waals surface area contributed by atoms with Gasteiger partial charge in [0.05, 0.1) is 12.3 Å². The van der Waals surface area contributed by atoms with E-state index in [0.717, 1.165) is 42.8 Å². The van der Waals surface area contributed by atoms with E-state index in [2.05, 4.69) is 27.8 Å². The van der Waals surface area contributed by atoms with Gasteiger partial charge in [-0.15, -0.1) is 0 Å². The summed E-state index contributed by atoms with van der Waals surface area (Å²) in [7, 11) is 1.62. The Hall–Kier alpha value is -2.87. The van der Waals surface area contributed by atoms with Gasteiger partial charge in [0.25, 0.3) is 0 Å². The second kappa shape index (κ2) is 13.6. The Morgan fingerprint density at radius 1 is 1.39 bits per heavy atom. The average Bonchev–Trinajstić information content (AvgIpc) is 3.65. The zero-order chi connectivity index (χ0) is 24.1. The van der Waals surface area contributed by atoms with Crippen molar-refractivity contribution < 1.29 is 14.6 Å². The highest BCUT2D eigenvalue weighted by atomic mass is 16.5. The zero-order valence-electron chi connectivity index (χ0n) is 20.1. The molecule has 8 nitrogen and oxygen atoms in total. The van der Waals surface area contributed by atoms with Gasteiger partial charge in [0.2, 0.25) is 5.91 Å². The van der Waals surface area contributed by atoms with E-state index in [4.69, 9.17) is 10.5 Å². The number of nitrogens with two attached hydrogens (primary N) is 1. The molecule has 1 aromatic carbocycles. The normalized spacial score (nSPS) is 17.2. The monoisotopic (exact) mass is 457 g/mol. The van der Waals surface area contributed by atoms with Crippen LogP contribution < -0.4 is 21.1 Å². The van der Waals surface area contributed by atoms with Crippen LogP contribution in [0.4, 0.5) is 0 Å². The molecular formula is C25H39N5O3. The Bertz CT molecular complexity index is 835. The molecule has 2 rings (SSSR count). The van der Waals surface area contributed by atoms with Crippen LogP contribution in [0.25, 0.3) is 0 Å². The zero-order valence-corrected chi connectivity index (χ0v) is 20.1. The van der Waals surface area contributed by atoms with Gasteiger partial charge >= 0.3 is 0 Å². The Labute approximate surface area is 197 Å². The van der Waals surface area contributed by atoms with Crippen LogP contribution in [0.2, 0.25) is 0 Å². The highest BCUT2D eigenvalue weighted by Gasteiger charge is 2.31. The van der Waals surface area contributed by atoms with Crippen molar-refractivity contribution in [3.05, 3.63) is 54.0 Å². The average molecular weight is 458 g/mol. The van der Waals surface area contributed by atoms with Crippen molar-refractivity contribution in [1.29, 1.82) is 0 Å². The third-order valence-electron chi connectivity index (χ3n) is 5.88. The van der Waals surface area contributed by atoms with Gasteiger partial charge in [-0.05, 0) is 69.1 Å². The Balaban J connectivity index is 1.92. The first kappa shape index (κ1) is 26.4.